The van der Waals surface area contributed by atoms with Gasteiger partial charge in [0.15, 0.2) is 0 Å². The van der Waals surface area contributed by atoms with Gasteiger partial charge in [0.1, 0.15) is 0 Å². The van der Waals surface area contributed by atoms with Crippen molar-refractivity contribution < 1.29 is 13.2 Å². The number of amides is 1. The number of anilines is 1. The van der Waals surface area contributed by atoms with E-state index in [1.54, 1.807) is 20.8 Å². The molecule has 144 valence electrons. The first-order valence-corrected chi connectivity index (χ1v) is 11.1. The second-order valence-electron chi connectivity index (χ2n) is 8.61. The van der Waals surface area contributed by atoms with Gasteiger partial charge in [0.05, 0.1) is 4.75 Å². The lowest BCUT2D eigenvalue weighted by Crippen LogP contribution is -2.46. The fourth-order valence-electron chi connectivity index (χ4n) is 3.76. The minimum Gasteiger partial charge on any atom is -0.326 e. The Morgan fingerprint density at radius 2 is 1.69 bits per heavy atom. The molecule has 2 N–H and O–H groups in total. The summed E-state index contributed by atoms with van der Waals surface area (Å²) in [5, 5.41) is 3.05. The van der Waals surface area contributed by atoms with Gasteiger partial charge in [0, 0.05) is 17.6 Å². The van der Waals surface area contributed by atoms with Gasteiger partial charge in [-0.1, -0.05) is 6.07 Å². The molecule has 0 unspecified atom stereocenters. The topological polar surface area (TPSA) is 75.3 Å². The Hall–Kier alpha value is -1.40. The third-order valence-corrected chi connectivity index (χ3v) is 7.85. The van der Waals surface area contributed by atoms with E-state index in [-0.39, 0.29) is 17.9 Å². The third-order valence-electron chi connectivity index (χ3n) is 5.59. The fourth-order valence-corrected chi connectivity index (χ4v) is 4.79. The average molecular weight is 379 g/mol. The summed E-state index contributed by atoms with van der Waals surface area (Å²) in [5.41, 5.74) is 3.63. The molecular weight excluding hydrogens is 348 g/mol. The van der Waals surface area contributed by atoms with Crippen molar-refractivity contribution in [3.05, 3.63) is 29.3 Å². The lowest BCUT2D eigenvalue weighted by Gasteiger charge is -2.30. The average Bonchev–Trinajstić information content (AvgIpc) is 3.01. The van der Waals surface area contributed by atoms with E-state index in [1.807, 2.05) is 6.07 Å². The molecule has 26 heavy (non-hydrogen) atoms. The van der Waals surface area contributed by atoms with E-state index in [4.69, 9.17) is 0 Å². The number of carbonyl (C=O) groups is 1. The Morgan fingerprint density at radius 1 is 1.04 bits per heavy atom. The van der Waals surface area contributed by atoms with Crippen LogP contribution in [0.4, 0.5) is 5.69 Å². The molecule has 0 heterocycles. The van der Waals surface area contributed by atoms with Gasteiger partial charge >= 0.3 is 0 Å². The predicted octanol–water partition coefficient (Wildman–Crippen LogP) is 3.39. The highest BCUT2D eigenvalue weighted by Crippen LogP contribution is 2.29. The first-order chi connectivity index (χ1) is 12.2. The molecule has 2 aliphatic carbocycles. The largest absolute Gasteiger partial charge is 0.326 e. The Bertz CT molecular complexity index is 773. The summed E-state index contributed by atoms with van der Waals surface area (Å²) < 4.78 is 26.6. The predicted molar refractivity (Wildman–Crippen MR) is 105 cm³/mol. The summed E-state index contributed by atoms with van der Waals surface area (Å²) in [6.45, 7) is 5.10. The Kier molecular flexibility index (Phi) is 5.45. The van der Waals surface area contributed by atoms with Gasteiger partial charge in [-0.15, -0.1) is 0 Å². The molecule has 2 aliphatic rings. The number of carbonyl (C=O) groups excluding carboxylic acids is 1. The highest BCUT2D eigenvalue weighted by Gasteiger charge is 2.34. The van der Waals surface area contributed by atoms with E-state index in [9.17, 15) is 13.2 Å². The zero-order chi connectivity index (χ0) is 18.9. The van der Waals surface area contributed by atoms with Crippen LogP contribution in [0.1, 0.15) is 64.0 Å². The minimum absolute atomic E-state index is 0.0429. The number of aryl methyl sites for hydroxylation is 2. The van der Waals surface area contributed by atoms with Crippen LogP contribution in [-0.4, -0.2) is 25.1 Å². The highest BCUT2D eigenvalue weighted by atomic mass is 32.2. The third kappa shape index (κ3) is 4.29. The Balaban J connectivity index is 1.52. The van der Waals surface area contributed by atoms with Crippen molar-refractivity contribution in [1.82, 2.24) is 4.72 Å². The molecule has 0 spiro atoms. The monoisotopic (exact) mass is 378 g/mol. The smallest absolute Gasteiger partial charge is 0.227 e. The molecule has 0 atom stereocenters. The molecule has 6 heteroatoms. The first-order valence-electron chi connectivity index (χ1n) is 9.60. The van der Waals surface area contributed by atoms with Crippen LogP contribution >= 0.6 is 0 Å². The molecule has 1 amide bonds. The van der Waals surface area contributed by atoms with Crippen LogP contribution in [0, 0.1) is 5.92 Å². The van der Waals surface area contributed by atoms with Crippen LogP contribution in [-0.2, 0) is 27.7 Å². The minimum atomic E-state index is -3.34. The van der Waals surface area contributed by atoms with Crippen molar-refractivity contribution in [3.8, 4) is 0 Å². The molecule has 3 rings (SSSR count). The van der Waals surface area contributed by atoms with Crippen molar-refractivity contribution in [3.63, 3.8) is 0 Å². The number of benzene rings is 1. The van der Waals surface area contributed by atoms with E-state index in [0.717, 1.165) is 18.5 Å². The summed E-state index contributed by atoms with van der Waals surface area (Å²) in [6.07, 6.45) is 6.27. The molecule has 1 fully saturated rings. The standard InChI is InChI=1S/C20H30N2O3S/c1-20(2,3)26(24,25)22-17-10-8-15(9-11-17)19(23)21-18-12-7-14-5-4-6-16(14)13-18/h7,12-13,15,17,22H,4-6,8-11H2,1-3H3,(H,21,23)/t15-,17-. The van der Waals surface area contributed by atoms with Crippen molar-refractivity contribution in [2.24, 2.45) is 5.92 Å². The van der Waals surface area contributed by atoms with Gasteiger partial charge in [-0.05, 0) is 89.0 Å². The molecular formula is C20H30N2O3S. The van der Waals surface area contributed by atoms with Gasteiger partial charge < -0.3 is 5.32 Å². The fraction of sp³-hybridized carbons (Fsp3) is 0.650. The Morgan fingerprint density at radius 3 is 2.35 bits per heavy atom. The van der Waals surface area contributed by atoms with Crippen molar-refractivity contribution in [2.45, 2.75) is 76.5 Å². The number of rotatable bonds is 4. The number of sulfonamides is 1. The van der Waals surface area contributed by atoms with Crippen LogP contribution in [0.25, 0.3) is 0 Å². The normalized spacial score (nSPS) is 23.5. The lowest BCUT2D eigenvalue weighted by atomic mass is 9.86. The summed E-state index contributed by atoms with van der Waals surface area (Å²) in [6, 6.07) is 6.15. The van der Waals surface area contributed by atoms with Crippen molar-refractivity contribution >= 4 is 21.6 Å². The molecule has 0 radical (unpaired) electrons. The zero-order valence-corrected chi connectivity index (χ0v) is 16.8. The van der Waals surface area contributed by atoms with E-state index < -0.39 is 14.8 Å². The van der Waals surface area contributed by atoms with Gasteiger partial charge in [-0.3, -0.25) is 4.79 Å². The van der Waals surface area contributed by atoms with Gasteiger partial charge in [0.2, 0.25) is 15.9 Å². The maximum atomic E-state index is 12.6. The zero-order valence-electron chi connectivity index (χ0n) is 16.0. The van der Waals surface area contributed by atoms with Crippen LogP contribution in [0.2, 0.25) is 0 Å². The van der Waals surface area contributed by atoms with E-state index in [2.05, 4.69) is 22.2 Å². The second-order valence-corrected chi connectivity index (χ2v) is 11.1. The molecule has 0 aromatic heterocycles. The van der Waals surface area contributed by atoms with Crippen LogP contribution < -0.4 is 10.0 Å². The summed E-state index contributed by atoms with van der Waals surface area (Å²) in [5.74, 6) is 0.0127. The summed E-state index contributed by atoms with van der Waals surface area (Å²) >= 11 is 0. The maximum Gasteiger partial charge on any atom is 0.227 e. The molecule has 5 nitrogen and oxygen atoms in total. The SMILES string of the molecule is CC(C)(C)S(=O)(=O)N[C@H]1CC[C@H](C(=O)Nc2ccc3c(c2)CCC3)CC1. The first kappa shape index (κ1) is 19.4. The summed E-state index contributed by atoms with van der Waals surface area (Å²) in [4.78, 5) is 12.6. The quantitative estimate of drug-likeness (QED) is 0.843. The molecule has 0 aliphatic heterocycles. The van der Waals surface area contributed by atoms with Gasteiger partial charge in [-0.2, -0.15) is 0 Å². The molecule has 0 saturated heterocycles. The summed E-state index contributed by atoms with van der Waals surface area (Å²) in [7, 11) is -3.34. The van der Waals surface area contributed by atoms with E-state index in [0.29, 0.717) is 25.7 Å². The Labute approximate surface area is 157 Å². The number of nitrogens with one attached hydrogen (secondary N) is 2. The van der Waals surface area contributed by atoms with Crippen LogP contribution in [0.15, 0.2) is 18.2 Å². The van der Waals surface area contributed by atoms with Crippen molar-refractivity contribution in [1.29, 1.82) is 0 Å². The van der Waals surface area contributed by atoms with Crippen LogP contribution in [0.3, 0.4) is 0 Å². The van der Waals surface area contributed by atoms with Gasteiger partial charge in [-0.25, -0.2) is 13.1 Å². The molecule has 1 saturated carbocycles. The second kappa shape index (κ2) is 7.31. The van der Waals surface area contributed by atoms with Gasteiger partial charge in [0.25, 0.3) is 0 Å². The molecule has 1 aromatic carbocycles. The number of fused-ring (bicyclic) bond motifs is 1. The van der Waals surface area contributed by atoms with Crippen molar-refractivity contribution in [2.75, 3.05) is 5.32 Å². The lowest BCUT2D eigenvalue weighted by molar-refractivity contribution is -0.120. The molecule has 0 bridgehead atoms. The molecule has 1 aromatic rings. The highest BCUT2D eigenvalue weighted by molar-refractivity contribution is 7.90. The maximum absolute atomic E-state index is 12.6. The van der Waals surface area contributed by atoms with Crippen LogP contribution in [0.5, 0.6) is 0 Å². The van der Waals surface area contributed by atoms with E-state index in [1.165, 1.54) is 17.5 Å². The number of hydrogen-bond donors (Lipinski definition) is 2. The van der Waals surface area contributed by atoms with E-state index >= 15 is 0 Å². The number of hydrogen-bond acceptors (Lipinski definition) is 3.